The summed E-state index contributed by atoms with van der Waals surface area (Å²) in [7, 11) is 3.40. The third kappa shape index (κ3) is 9.87. The van der Waals surface area contributed by atoms with Gasteiger partial charge in [-0.2, -0.15) is 0 Å². The maximum atomic E-state index is 11.9. The molecule has 1 saturated carbocycles. The van der Waals surface area contributed by atoms with Crippen molar-refractivity contribution >= 4 is 41.8 Å². The van der Waals surface area contributed by atoms with Crippen molar-refractivity contribution in [2.45, 2.75) is 31.7 Å². The Kier molecular flexibility index (Phi) is 12.4. The lowest BCUT2D eigenvalue weighted by atomic mass is 10.3. The SMILES string of the molecule is CN=C(NCCCC(=O)NC1CC1)N1CCN(CC(=O)NCCOC)CC1.I. The quantitative estimate of drug-likeness (QED) is 0.161. The number of hydrogen-bond acceptors (Lipinski definition) is 5. The van der Waals surface area contributed by atoms with E-state index in [0.29, 0.717) is 32.2 Å². The molecule has 10 heteroatoms. The highest BCUT2D eigenvalue weighted by molar-refractivity contribution is 14.0. The summed E-state index contributed by atoms with van der Waals surface area (Å²) >= 11 is 0. The molecular formula is C18H35IN6O3. The number of amides is 2. The summed E-state index contributed by atoms with van der Waals surface area (Å²) < 4.78 is 4.93. The fraction of sp³-hybridized carbons (Fsp3) is 0.833. The summed E-state index contributed by atoms with van der Waals surface area (Å²) in [5.41, 5.74) is 0. The van der Waals surface area contributed by atoms with Gasteiger partial charge in [0.15, 0.2) is 5.96 Å². The van der Waals surface area contributed by atoms with Gasteiger partial charge in [0, 0.05) is 65.9 Å². The van der Waals surface area contributed by atoms with E-state index >= 15 is 0 Å². The van der Waals surface area contributed by atoms with E-state index in [0.717, 1.165) is 57.9 Å². The highest BCUT2D eigenvalue weighted by Gasteiger charge is 2.23. The van der Waals surface area contributed by atoms with Gasteiger partial charge in [-0.15, -0.1) is 24.0 Å². The molecule has 2 amide bonds. The fourth-order valence-corrected chi connectivity index (χ4v) is 2.98. The molecular weight excluding hydrogens is 475 g/mol. The molecule has 0 spiro atoms. The Hall–Kier alpha value is -1.14. The Morgan fingerprint density at radius 3 is 2.39 bits per heavy atom. The van der Waals surface area contributed by atoms with Crippen LogP contribution in [0.25, 0.3) is 0 Å². The lowest BCUT2D eigenvalue weighted by Gasteiger charge is -2.36. The number of halogens is 1. The second-order valence-corrected chi connectivity index (χ2v) is 7.03. The monoisotopic (exact) mass is 510 g/mol. The van der Waals surface area contributed by atoms with Crippen molar-refractivity contribution in [3.05, 3.63) is 0 Å². The summed E-state index contributed by atoms with van der Waals surface area (Å²) in [6, 6.07) is 0.427. The Bertz CT molecular complexity index is 508. The van der Waals surface area contributed by atoms with Crippen LogP contribution in [0.3, 0.4) is 0 Å². The zero-order valence-corrected chi connectivity index (χ0v) is 19.4. The minimum absolute atomic E-state index is 0. The van der Waals surface area contributed by atoms with E-state index in [9.17, 15) is 9.59 Å². The number of carbonyl (C=O) groups is 2. The molecule has 2 fully saturated rings. The van der Waals surface area contributed by atoms with Crippen LogP contribution in [0.4, 0.5) is 0 Å². The second kappa shape index (κ2) is 13.9. The molecule has 0 unspecified atom stereocenters. The van der Waals surface area contributed by atoms with Crippen molar-refractivity contribution in [3.8, 4) is 0 Å². The molecule has 0 radical (unpaired) electrons. The van der Waals surface area contributed by atoms with Gasteiger partial charge in [0.1, 0.15) is 0 Å². The molecule has 9 nitrogen and oxygen atoms in total. The Balaban J connectivity index is 0.00000392. The van der Waals surface area contributed by atoms with Crippen molar-refractivity contribution in [2.24, 2.45) is 4.99 Å². The summed E-state index contributed by atoms with van der Waals surface area (Å²) in [6.07, 6.45) is 3.58. The van der Waals surface area contributed by atoms with Crippen molar-refractivity contribution < 1.29 is 14.3 Å². The van der Waals surface area contributed by atoms with Gasteiger partial charge in [-0.3, -0.25) is 19.5 Å². The molecule has 2 aliphatic rings. The third-order valence-electron chi connectivity index (χ3n) is 4.69. The molecule has 0 aromatic carbocycles. The molecule has 0 aromatic rings. The van der Waals surface area contributed by atoms with Gasteiger partial charge < -0.3 is 25.6 Å². The van der Waals surface area contributed by atoms with Crippen LogP contribution in [0.5, 0.6) is 0 Å². The topological polar surface area (TPSA) is 98.3 Å². The maximum Gasteiger partial charge on any atom is 0.234 e. The van der Waals surface area contributed by atoms with E-state index in [1.807, 2.05) is 0 Å². The van der Waals surface area contributed by atoms with Gasteiger partial charge in [-0.05, 0) is 19.3 Å². The summed E-state index contributed by atoms with van der Waals surface area (Å²) in [6.45, 7) is 5.52. The van der Waals surface area contributed by atoms with Crippen LogP contribution in [0.15, 0.2) is 4.99 Å². The molecule has 1 aliphatic heterocycles. The van der Waals surface area contributed by atoms with Crippen LogP contribution in [0.2, 0.25) is 0 Å². The van der Waals surface area contributed by atoms with Crippen molar-refractivity contribution in [1.29, 1.82) is 0 Å². The second-order valence-electron chi connectivity index (χ2n) is 7.03. The average Bonchev–Trinajstić information content (AvgIpc) is 3.47. The minimum Gasteiger partial charge on any atom is -0.383 e. The van der Waals surface area contributed by atoms with Crippen LogP contribution in [0, 0.1) is 0 Å². The van der Waals surface area contributed by atoms with Gasteiger partial charge in [0.2, 0.25) is 11.8 Å². The van der Waals surface area contributed by atoms with Crippen molar-refractivity contribution in [2.75, 3.05) is 66.6 Å². The molecule has 162 valence electrons. The highest BCUT2D eigenvalue weighted by Crippen LogP contribution is 2.18. The molecule has 0 aromatic heterocycles. The van der Waals surface area contributed by atoms with Gasteiger partial charge in [-0.1, -0.05) is 0 Å². The zero-order chi connectivity index (χ0) is 19.5. The number of piperazine rings is 1. The van der Waals surface area contributed by atoms with Crippen LogP contribution >= 0.6 is 24.0 Å². The Morgan fingerprint density at radius 2 is 1.79 bits per heavy atom. The Labute approximate surface area is 185 Å². The summed E-state index contributed by atoms with van der Waals surface area (Å²) in [5, 5.41) is 9.19. The summed E-state index contributed by atoms with van der Waals surface area (Å²) in [5.74, 6) is 1.04. The number of ether oxygens (including phenoxy) is 1. The standard InChI is InChI=1S/C18H34N6O3.HI/c1-19-18(21-7-3-4-16(25)22-15-5-6-15)24-11-9-23(10-12-24)14-17(26)20-8-13-27-2;/h15H,3-14H2,1-2H3,(H,19,21)(H,20,26)(H,22,25);1H. The molecule has 3 N–H and O–H groups in total. The Morgan fingerprint density at radius 1 is 1.07 bits per heavy atom. The first kappa shape index (κ1) is 24.9. The van der Waals surface area contributed by atoms with Gasteiger partial charge in [0.05, 0.1) is 13.2 Å². The number of rotatable bonds is 10. The smallest absolute Gasteiger partial charge is 0.234 e. The number of methoxy groups -OCH3 is 1. The van der Waals surface area contributed by atoms with Crippen molar-refractivity contribution in [3.63, 3.8) is 0 Å². The van der Waals surface area contributed by atoms with Crippen LogP contribution in [-0.2, 0) is 14.3 Å². The predicted octanol–water partition coefficient (Wildman–Crippen LogP) is -0.381. The van der Waals surface area contributed by atoms with E-state index in [1.165, 1.54) is 0 Å². The first-order chi connectivity index (χ1) is 13.1. The van der Waals surface area contributed by atoms with Crippen molar-refractivity contribution in [1.82, 2.24) is 25.8 Å². The highest BCUT2D eigenvalue weighted by atomic mass is 127. The van der Waals surface area contributed by atoms with E-state index in [1.54, 1.807) is 14.2 Å². The first-order valence-corrected chi connectivity index (χ1v) is 9.85. The van der Waals surface area contributed by atoms with Gasteiger partial charge in [-0.25, -0.2) is 0 Å². The maximum absolute atomic E-state index is 11.9. The molecule has 2 rings (SSSR count). The lowest BCUT2D eigenvalue weighted by Crippen LogP contribution is -2.54. The zero-order valence-electron chi connectivity index (χ0n) is 17.0. The molecule has 1 saturated heterocycles. The molecule has 0 bridgehead atoms. The third-order valence-corrected chi connectivity index (χ3v) is 4.69. The number of aliphatic imine (C=N–C) groups is 1. The molecule has 1 heterocycles. The molecule has 28 heavy (non-hydrogen) atoms. The van der Waals surface area contributed by atoms with E-state index < -0.39 is 0 Å². The van der Waals surface area contributed by atoms with Crippen LogP contribution in [0.1, 0.15) is 25.7 Å². The van der Waals surface area contributed by atoms with E-state index in [4.69, 9.17) is 4.74 Å². The number of hydrogen-bond donors (Lipinski definition) is 3. The first-order valence-electron chi connectivity index (χ1n) is 9.85. The van der Waals surface area contributed by atoms with Crippen LogP contribution < -0.4 is 16.0 Å². The number of guanidine groups is 1. The number of carbonyl (C=O) groups excluding carboxylic acids is 2. The van der Waals surface area contributed by atoms with Crippen LogP contribution in [-0.4, -0.2) is 100 Å². The largest absolute Gasteiger partial charge is 0.383 e. The van der Waals surface area contributed by atoms with E-state index in [2.05, 4.69) is 30.7 Å². The minimum atomic E-state index is 0. The number of nitrogens with one attached hydrogen (secondary N) is 3. The van der Waals surface area contributed by atoms with Gasteiger partial charge >= 0.3 is 0 Å². The fourth-order valence-electron chi connectivity index (χ4n) is 2.98. The predicted molar refractivity (Wildman–Crippen MR) is 120 cm³/mol. The number of nitrogens with zero attached hydrogens (tertiary/aromatic N) is 3. The average molecular weight is 510 g/mol. The summed E-state index contributed by atoms with van der Waals surface area (Å²) in [4.78, 5) is 32.2. The van der Waals surface area contributed by atoms with Gasteiger partial charge in [0.25, 0.3) is 0 Å². The molecule has 1 aliphatic carbocycles. The normalized spacial score (nSPS) is 17.6. The lowest BCUT2D eigenvalue weighted by molar-refractivity contribution is -0.123. The van der Waals surface area contributed by atoms with E-state index in [-0.39, 0.29) is 35.8 Å². The molecule has 0 atom stereocenters.